The van der Waals surface area contributed by atoms with Gasteiger partial charge in [-0.3, -0.25) is 14.1 Å². The summed E-state index contributed by atoms with van der Waals surface area (Å²) < 4.78 is 29.8. The van der Waals surface area contributed by atoms with Gasteiger partial charge < -0.3 is 11.1 Å². The van der Waals surface area contributed by atoms with E-state index in [0.717, 1.165) is 0 Å². The summed E-state index contributed by atoms with van der Waals surface area (Å²) in [6.07, 6.45) is 0. The summed E-state index contributed by atoms with van der Waals surface area (Å²) in [5.41, 5.74) is 5.22. The van der Waals surface area contributed by atoms with E-state index in [9.17, 15) is 18.0 Å². The zero-order valence-electron chi connectivity index (χ0n) is 7.87. The first-order valence-electron chi connectivity index (χ1n) is 4.08. The molecule has 0 aromatic rings. The van der Waals surface area contributed by atoms with Gasteiger partial charge in [0.2, 0.25) is 5.91 Å². The molecular formula is C6H11N3O5S. The Morgan fingerprint density at radius 3 is 2.60 bits per heavy atom. The van der Waals surface area contributed by atoms with E-state index in [-0.39, 0.29) is 10.8 Å². The van der Waals surface area contributed by atoms with Gasteiger partial charge in [0.05, 0.1) is 12.6 Å². The Morgan fingerprint density at radius 2 is 2.27 bits per heavy atom. The van der Waals surface area contributed by atoms with Crippen molar-refractivity contribution in [3.05, 3.63) is 0 Å². The molecule has 15 heavy (non-hydrogen) atoms. The summed E-state index contributed by atoms with van der Waals surface area (Å²) >= 11 is 0. The number of nitrogens with one attached hydrogen (secondary N) is 1. The summed E-state index contributed by atoms with van der Waals surface area (Å²) in [6, 6.07) is -1.71. The highest BCUT2D eigenvalue weighted by Crippen LogP contribution is 2.13. The van der Waals surface area contributed by atoms with Crippen molar-refractivity contribution in [2.45, 2.75) is 19.0 Å². The Bertz CT molecular complexity index is 390. The normalized spacial score (nSPS) is 23.3. The number of nitrogens with zero attached hydrogens (tertiary/aromatic N) is 1. The van der Waals surface area contributed by atoms with Crippen molar-refractivity contribution in [2.75, 3.05) is 6.54 Å². The molecule has 0 aromatic heterocycles. The lowest BCUT2D eigenvalue weighted by atomic mass is 10.1. The fourth-order valence-electron chi connectivity index (χ4n) is 1.01. The molecule has 0 spiro atoms. The van der Waals surface area contributed by atoms with E-state index in [1.54, 1.807) is 0 Å². The Labute approximate surface area is 86.3 Å². The maximum atomic E-state index is 11.1. The van der Waals surface area contributed by atoms with Gasteiger partial charge in [-0.25, -0.2) is 4.31 Å². The molecule has 1 rings (SSSR count). The quantitative estimate of drug-likeness (QED) is 0.366. The predicted octanol–water partition coefficient (Wildman–Crippen LogP) is -2.54. The van der Waals surface area contributed by atoms with Crippen molar-refractivity contribution in [2.24, 2.45) is 5.73 Å². The second-order valence-electron chi connectivity index (χ2n) is 3.20. The monoisotopic (exact) mass is 237 g/mol. The Hall–Kier alpha value is -1.19. The first-order chi connectivity index (χ1) is 6.73. The summed E-state index contributed by atoms with van der Waals surface area (Å²) in [7, 11) is -4.50. The van der Waals surface area contributed by atoms with Gasteiger partial charge in [0.1, 0.15) is 6.04 Å². The molecule has 0 bridgehead atoms. The third-order valence-corrected chi connectivity index (χ3v) is 2.79. The number of carbonyl (C=O) groups excluding carboxylic acids is 2. The molecule has 0 saturated carbocycles. The summed E-state index contributed by atoms with van der Waals surface area (Å²) in [5, 5.41) is 2.24. The van der Waals surface area contributed by atoms with Crippen LogP contribution in [0, 0.1) is 0 Å². The van der Waals surface area contributed by atoms with Gasteiger partial charge in [0.25, 0.3) is 5.91 Å². The lowest BCUT2D eigenvalue weighted by molar-refractivity contribution is -0.140. The molecule has 1 heterocycles. The molecule has 1 saturated heterocycles. The van der Waals surface area contributed by atoms with E-state index < -0.39 is 34.2 Å². The fourth-order valence-corrected chi connectivity index (χ4v) is 1.71. The molecule has 8 nitrogen and oxygen atoms in total. The van der Waals surface area contributed by atoms with Crippen LogP contribution in [0.4, 0.5) is 0 Å². The topological polar surface area (TPSA) is 130 Å². The number of amides is 2. The predicted molar refractivity (Wildman–Crippen MR) is 48.8 cm³/mol. The molecule has 2 atom stereocenters. The van der Waals surface area contributed by atoms with Gasteiger partial charge in [-0.05, 0) is 6.92 Å². The number of nitrogens with two attached hydrogens (primary N) is 1. The molecule has 0 aliphatic carbocycles. The number of rotatable bonds is 3. The largest absolute Gasteiger partial charge is 0.362 e. The van der Waals surface area contributed by atoms with Gasteiger partial charge in [-0.15, -0.1) is 0 Å². The molecule has 1 aliphatic heterocycles. The van der Waals surface area contributed by atoms with Gasteiger partial charge in [0, 0.05) is 0 Å². The van der Waals surface area contributed by atoms with Crippen LogP contribution in [0.5, 0.6) is 0 Å². The van der Waals surface area contributed by atoms with Crippen LogP contribution in [0.2, 0.25) is 0 Å². The number of hydrogen-bond donors (Lipinski definition) is 3. The van der Waals surface area contributed by atoms with Crippen LogP contribution in [0.3, 0.4) is 0 Å². The fraction of sp³-hybridized carbons (Fsp3) is 0.667. The second kappa shape index (κ2) is 3.76. The van der Waals surface area contributed by atoms with Crippen LogP contribution in [-0.2, 0) is 19.9 Å². The molecule has 1 unspecified atom stereocenters. The van der Waals surface area contributed by atoms with Crippen LogP contribution < -0.4 is 11.1 Å². The van der Waals surface area contributed by atoms with Crippen molar-refractivity contribution in [3.63, 3.8) is 0 Å². The Balaban J connectivity index is 2.54. The van der Waals surface area contributed by atoms with Crippen molar-refractivity contribution in [1.82, 2.24) is 9.62 Å². The number of carbonyl (C=O) groups is 2. The maximum Gasteiger partial charge on any atom is 0.362 e. The van der Waals surface area contributed by atoms with Crippen LogP contribution in [0.1, 0.15) is 6.92 Å². The van der Waals surface area contributed by atoms with Crippen molar-refractivity contribution < 1.29 is 22.6 Å². The highest BCUT2D eigenvalue weighted by Gasteiger charge is 2.44. The Morgan fingerprint density at radius 1 is 1.73 bits per heavy atom. The average Bonchev–Trinajstić information content (AvgIpc) is 2.07. The molecule has 86 valence electrons. The first-order valence-corrected chi connectivity index (χ1v) is 5.48. The van der Waals surface area contributed by atoms with E-state index in [4.69, 9.17) is 10.3 Å². The lowest BCUT2D eigenvalue weighted by Crippen LogP contribution is -2.66. The molecule has 0 radical (unpaired) electrons. The zero-order chi connectivity index (χ0) is 11.8. The first kappa shape index (κ1) is 11.9. The number of β-lactam (4-membered cyclic amide) rings is 1. The van der Waals surface area contributed by atoms with Gasteiger partial charge >= 0.3 is 10.3 Å². The molecule has 2 amide bonds. The van der Waals surface area contributed by atoms with Crippen LogP contribution >= 0.6 is 0 Å². The minimum atomic E-state index is -4.50. The summed E-state index contributed by atoms with van der Waals surface area (Å²) in [5.74, 6) is -1.42. The molecule has 1 fully saturated rings. The van der Waals surface area contributed by atoms with Crippen LogP contribution in [-0.4, -0.2) is 47.7 Å². The second-order valence-corrected chi connectivity index (χ2v) is 4.53. The van der Waals surface area contributed by atoms with Gasteiger partial charge in [0.15, 0.2) is 0 Å². The third kappa shape index (κ3) is 2.43. The molecule has 9 heteroatoms. The minimum Gasteiger partial charge on any atom is -0.341 e. The standard InChI is InChI=1S/C6H11N3O5S/c1-3(7)5(10)8-4-2-9(6(4)11)15(12,13)14/h3-4H,2,7H2,1H3,(H,8,10)(H,12,13,14)/t3-,4?/m1/s1. The summed E-state index contributed by atoms with van der Waals surface area (Å²) in [4.78, 5) is 22.1. The van der Waals surface area contributed by atoms with E-state index in [0.29, 0.717) is 0 Å². The zero-order valence-corrected chi connectivity index (χ0v) is 8.69. The summed E-state index contributed by atoms with van der Waals surface area (Å²) in [6.45, 7) is 1.16. The Kier molecular flexibility index (Phi) is 2.98. The highest BCUT2D eigenvalue weighted by atomic mass is 32.2. The molecular weight excluding hydrogens is 226 g/mol. The van der Waals surface area contributed by atoms with Crippen molar-refractivity contribution in [3.8, 4) is 0 Å². The smallest absolute Gasteiger partial charge is 0.341 e. The van der Waals surface area contributed by atoms with Crippen molar-refractivity contribution in [1.29, 1.82) is 0 Å². The number of hydrogen-bond acceptors (Lipinski definition) is 5. The average molecular weight is 237 g/mol. The van der Waals surface area contributed by atoms with E-state index in [1.165, 1.54) is 6.92 Å². The van der Waals surface area contributed by atoms with Crippen LogP contribution in [0.25, 0.3) is 0 Å². The molecule has 4 N–H and O–H groups in total. The minimum absolute atomic E-state index is 0.263. The van der Waals surface area contributed by atoms with Gasteiger partial charge in [-0.2, -0.15) is 8.42 Å². The molecule has 1 aliphatic rings. The third-order valence-electron chi connectivity index (χ3n) is 1.90. The van der Waals surface area contributed by atoms with E-state index >= 15 is 0 Å². The van der Waals surface area contributed by atoms with Gasteiger partial charge in [-0.1, -0.05) is 0 Å². The maximum absolute atomic E-state index is 11.1. The SMILES string of the molecule is C[C@@H](N)C(=O)NC1CN(S(=O)(=O)O)C1=O. The van der Waals surface area contributed by atoms with Crippen molar-refractivity contribution >= 4 is 22.1 Å². The lowest BCUT2D eigenvalue weighted by Gasteiger charge is -2.35. The molecule has 0 aromatic carbocycles. The highest BCUT2D eigenvalue weighted by molar-refractivity contribution is 7.84. The van der Waals surface area contributed by atoms with Crippen LogP contribution in [0.15, 0.2) is 0 Å². The van der Waals surface area contributed by atoms with E-state index in [2.05, 4.69) is 5.32 Å². The van der Waals surface area contributed by atoms with E-state index in [1.807, 2.05) is 0 Å².